The molecule has 138 valence electrons. The zero-order chi connectivity index (χ0) is 19.4. The van der Waals surface area contributed by atoms with Crippen LogP contribution in [-0.4, -0.2) is 25.1 Å². The van der Waals surface area contributed by atoms with Gasteiger partial charge in [0.2, 0.25) is 0 Å². The van der Waals surface area contributed by atoms with Crippen molar-refractivity contribution in [3.8, 4) is 5.75 Å². The maximum absolute atomic E-state index is 12.9. The molecular formula is C21H18FNO4. The second-order valence-electron chi connectivity index (χ2n) is 5.94. The van der Waals surface area contributed by atoms with Gasteiger partial charge in [-0.2, -0.15) is 0 Å². The Balaban J connectivity index is 1.74. The molecule has 0 fully saturated rings. The van der Waals surface area contributed by atoms with Crippen molar-refractivity contribution < 1.29 is 23.5 Å². The van der Waals surface area contributed by atoms with Gasteiger partial charge in [-0.3, -0.25) is 4.79 Å². The van der Waals surface area contributed by atoms with Crippen molar-refractivity contribution in [3.05, 3.63) is 72.0 Å². The number of anilines is 1. The van der Waals surface area contributed by atoms with Gasteiger partial charge in [-0.1, -0.05) is 24.3 Å². The summed E-state index contributed by atoms with van der Waals surface area (Å²) in [5.74, 6) is -1.23. The molecule has 0 bridgehead atoms. The van der Waals surface area contributed by atoms with Crippen LogP contribution in [0.5, 0.6) is 5.75 Å². The molecule has 1 amide bonds. The fraction of sp³-hybridized carbons (Fsp3) is 0.143. The molecule has 0 saturated carbocycles. The summed E-state index contributed by atoms with van der Waals surface area (Å²) in [4.78, 5) is 24.8. The van der Waals surface area contributed by atoms with Crippen molar-refractivity contribution >= 4 is 28.3 Å². The minimum atomic E-state index is -1.04. The third-order valence-corrected chi connectivity index (χ3v) is 4.05. The van der Waals surface area contributed by atoms with E-state index >= 15 is 0 Å². The van der Waals surface area contributed by atoms with Crippen LogP contribution >= 0.6 is 0 Å². The number of halogens is 1. The molecule has 0 saturated heterocycles. The van der Waals surface area contributed by atoms with E-state index in [9.17, 15) is 14.0 Å². The molecule has 3 rings (SSSR count). The molecule has 0 aliphatic rings. The summed E-state index contributed by atoms with van der Waals surface area (Å²) in [5.41, 5.74) is 0.644. The first kappa shape index (κ1) is 18.4. The zero-order valence-electron chi connectivity index (χ0n) is 14.9. The van der Waals surface area contributed by atoms with Crippen LogP contribution in [0.15, 0.2) is 60.7 Å². The van der Waals surface area contributed by atoms with Crippen LogP contribution in [0.3, 0.4) is 0 Å². The van der Waals surface area contributed by atoms with Crippen LogP contribution in [0.4, 0.5) is 10.1 Å². The summed E-state index contributed by atoms with van der Waals surface area (Å²) < 4.78 is 23.5. The number of carbonyl (C=O) groups is 2. The fourth-order valence-electron chi connectivity index (χ4n) is 2.60. The third kappa shape index (κ3) is 4.23. The molecule has 0 radical (unpaired) electrons. The average molecular weight is 367 g/mol. The Morgan fingerprint density at radius 3 is 2.26 bits per heavy atom. The van der Waals surface area contributed by atoms with E-state index in [-0.39, 0.29) is 5.56 Å². The molecule has 0 aromatic heterocycles. The van der Waals surface area contributed by atoms with Gasteiger partial charge in [-0.25, -0.2) is 9.18 Å². The van der Waals surface area contributed by atoms with Crippen molar-refractivity contribution in [3.63, 3.8) is 0 Å². The van der Waals surface area contributed by atoms with E-state index in [1.807, 2.05) is 24.3 Å². The number of nitrogens with one attached hydrogen (secondary N) is 1. The quantitative estimate of drug-likeness (QED) is 0.688. The minimum absolute atomic E-state index is 0.234. The number of hydrogen-bond acceptors (Lipinski definition) is 4. The molecule has 0 aliphatic carbocycles. The van der Waals surface area contributed by atoms with Crippen LogP contribution in [0, 0.1) is 5.82 Å². The molecule has 0 heterocycles. The SMILES string of the molecule is COc1cc2ccccc2cc1C(=O)O[C@H](C)C(=O)Nc1ccc(F)cc1. The van der Waals surface area contributed by atoms with Crippen LogP contribution in [0.25, 0.3) is 10.8 Å². The third-order valence-electron chi connectivity index (χ3n) is 4.05. The fourth-order valence-corrected chi connectivity index (χ4v) is 2.60. The van der Waals surface area contributed by atoms with E-state index in [0.717, 1.165) is 10.8 Å². The molecule has 0 spiro atoms. The van der Waals surface area contributed by atoms with Crippen LogP contribution in [0.2, 0.25) is 0 Å². The lowest BCUT2D eigenvalue weighted by atomic mass is 10.1. The smallest absolute Gasteiger partial charge is 0.342 e. The number of hydrogen-bond donors (Lipinski definition) is 1. The van der Waals surface area contributed by atoms with Gasteiger partial charge in [0, 0.05) is 5.69 Å². The lowest BCUT2D eigenvalue weighted by Crippen LogP contribution is -2.30. The summed E-state index contributed by atoms with van der Waals surface area (Å²) in [6.07, 6.45) is -1.04. The minimum Gasteiger partial charge on any atom is -0.496 e. The number of ether oxygens (including phenoxy) is 2. The molecule has 3 aromatic rings. The Hall–Kier alpha value is -3.41. The molecule has 1 N–H and O–H groups in total. The molecule has 1 atom stereocenters. The van der Waals surface area contributed by atoms with Gasteiger partial charge in [0.25, 0.3) is 5.91 Å². The van der Waals surface area contributed by atoms with Crippen LogP contribution in [0.1, 0.15) is 17.3 Å². The molecule has 27 heavy (non-hydrogen) atoms. The zero-order valence-corrected chi connectivity index (χ0v) is 14.9. The largest absolute Gasteiger partial charge is 0.496 e. The van der Waals surface area contributed by atoms with Gasteiger partial charge < -0.3 is 14.8 Å². The molecule has 5 nitrogen and oxygen atoms in total. The number of rotatable bonds is 5. The van der Waals surface area contributed by atoms with E-state index < -0.39 is 23.8 Å². The normalized spacial score (nSPS) is 11.7. The van der Waals surface area contributed by atoms with Crippen molar-refractivity contribution in [2.75, 3.05) is 12.4 Å². The number of methoxy groups -OCH3 is 1. The standard InChI is InChI=1S/C21H18FNO4/c1-13(20(24)23-17-9-7-16(22)8-10-17)27-21(25)18-11-14-5-3-4-6-15(14)12-19(18)26-2/h3-13H,1-2H3,(H,23,24)/t13-/m1/s1. The predicted molar refractivity (Wildman–Crippen MR) is 100 cm³/mol. The lowest BCUT2D eigenvalue weighted by molar-refractivity contribution is -0.123. The first-order valence-corrected chi connectivity index (χ1v) is 8.32. The highest BCUT2D eigenvalue weighted by molar-refractivity contribution is 6.01. The van der Waals surface area contributed by atoms with E-state index in [1.54, 1.807) is 12.1 Å². The highest BCUT2D eigenvalue weighted by Crippen LogP contribution is 2.27. The number of fused-ring (bicyclic) bond motifs is 1. The topological polar surface area (TPSA) is 64.6 Å². The van der Waals surface area contributed by atoms with Crippen LogP contribution < -0.4 is 10.1 Å². The summed E-state index contributed by atoms with van der Waals surface area (Å²) in [6, 6.07) is 16.3. The second-order valence-corrected chi connectivity index (χ2v) is 5.94. The van der Waals surface area contributed by atoms with Gasteiger partial charge in [-0.15, -0.1) is 0 Å². The van der Waals surface area contributed by atoms with Gasteiger partial charge in [-0.05, 0) is 54.1 Å². The number of carbonyl (C=O) groups excluding carboxylic acids is 2. The van der Waals surface area contributed by atoms with E-state index in [4.69, 9.17) is 9.47 Å². The number of benzene rings is 3. The summed E-state index contributed by atoms with van der Waals surface area (Å²) >= 11 is 0. The molecule has 6 heteroatoms. The molecule has 3 aromatic carbocycles. The Labute approximate surface area is 155 Å². The summed E-state index contributed by atoms with van der Waals surface area (Å²) in [7, 11) is 1.46. The Morgan fingerprint density at radius 1 is 1.00 bits per heavy atom. The van der Waals surface area contributed by atoms with Crippen LogP contribution in [-0.2, 0) is 9.53 Å². The lowest BCUT2D eigenvalue weighted by Gasteiger charge is -2.15. The first-order chi connectivity index (χ1) is 13.0. The number of amides is 1. The Kier molecular flexibility index (Phi) is 5.35. The summed E-state index contributed by atoms with van der Waals surface area (Å²) in [6.45, 7) is 1.46. The second kappa shape index (κ2) is 7.86. The Bertz CT molecular complexity index is 985. The molecular weight excluding hydrogens is 349 g/mol. The van der Waals surface area contributed by atoms with Crippen molar-refractivity contribution in [2.24, 2.45) is 0 Å². The highest BCUT2D eigenvalue weighted by Gasteiger charge is 2.22. The van der Waals surface area contributed by atoms with E-state index in [1.165, 1.54) is 38.3 Å². The van der Waals surface area contributed by atoms with Crippen molar-refractivity contribution in [2.45, 2.75) is 13.0 Å². The average Bonchev–Trinajstić information content (AvgIpc) is 2.68. The van der Waals surface area contributed by atoms with Gasteiger partial charge in [0.05, 0.1) is 7.11 Å². The molecule has 0 unspecified atom stereocenters. The van der Waals surface area contributed by atoms with Gasteiger partial charge >= 0.3 is 5.97 Å². The maximum atomic E-state index is 12.9. The highest BCUT2D eigenvalue weighted by atomic mass is 19.1. The summed E-state index contributed by atoms with van der Waals surface area (Å²) in [5, 5.41) is 4.35. The number of esters is 1. The van der Waals surface area contributed by atoms with Gasteiger partial charge in [0.15, 0.2) is 6.10 Å². The van der Waals surface area contributed by atoms with Crippen molar-refractivity contribution in [1.82, 2.24) is 0 Å². The van der Waals surface area contributed by atoms with E-state index in [2.05, 4.69) is 5.32 Å². The Morgan fingerprint density at radius 2 is 1.63 bits per heavy atom. The monoisotopic (exact) mass is 367 g/mol. The van der Waals surface area contributed by atoms with E-state index in [0.29, 0.717) is 11.4 Å². The molecule has 0 aliphatic heterocycles. The maximum Gasteiger partial charge on any atom is 0.342 e. The first-order valence-electron chi connectivity index (χ1n) is 8.32. The predicted octanol–water partition coefficient (Wildman–Crippen LogP) is 4.17. The van der Waals surface area contributed by atoms with Crippen molar-refractivity contribution in [1.29, 1.82) is 0 Å². The van der Waals surface area contributed by atoms with Gasteiger partial charge in [0.1, 0.15) is 17.1 Å².